The largest absolute Gasteiger partial charge is 0.392 e. The number of hydrogen-bond acceptors (Lipinski definition) is 4. The highest BCUT2D eigenvalue weighted by Crippen LogP contribution is 2.34. The van der Waals surface area contributed by atoms with Gasteiger partial charge >= 0.3 is 0 Å². The van der Waals surface area contributed by atoms with Gasteiger partial charge in [-0.1, -0.05) is 12.8 Å². The van der Waals surface area contributed by atoms with E-state index >= 15 is 0 Å². The summed E-state index contributed by atoms with van der Waals surface area (Å²) < 4.78 is 0. The van der Waals surface area contributed by atoms with Crippen molar-refractivity contribution >= 4 is 29.3 Å². The van der Waals surface area contributed by atoms with E-state index < -0.39 is 0 Å². The zero-order valence-electron chi connectivity index (χ0n) is 15.0. The maximum Gasteiger partial charge on any atom is 0.237 e. The summed E-state index contributed by atoms with van der Waals surface area (Å²) in [4.78, 5) is 12.7. The molecule has 6 unspecified atom stereocenters. The number of halogens is 1. The molecule has 0 aromatic heterocycles. The van der Waals surface area contributed by atoms with Crippen molar-refractivity contribution in [3.8, 4) is 0 Å². The predicted molar refractivity (Wildman–Crippen MR) is 103 cm³/mol. The molecule has 1 amide bonds. The molecule has 0 bridgehead atoms. The Morgan fingerprint density at radius 1 is 1.33 bits per heavy atom. The van der Waals surface area contributed by atoms with Crippen LogP contribution >= 0.6 is 23.4 Å². The molecule has 3 N–H and O–H groups in total. The molecule has 4 nitrogen and oxygen atoms in total. The summed E-state index contributed by atoms with van der Waals surface area (Å²) in [5.74, 6) is 0.535. The van der Waals surface area contributed by atoms with Crippen LogP contribution in [0.3, 0.4) is 0 Å². The molecule has 1 saturated carbocycles. The van der Waals surface area contributed by atoms with Gasteiger partial charge in [-0.15, -0.1) is 11.6 Å². The van der Waals surface area contributed by atoms with Gasteiger partial charge in [0.25, 0.3) is 0 Å². The lowest BCUT2D eigenvalue weighted by Gasteiger charge is -2.38. The number of rotatable bonds is 6. The Morgan fingerprint density at radius 2 is 2.12 bits per heavy atom. The van der Waals surface area contributed by atoms with Crippen LogP contribution in [-0.2, 0) is 4.79 Å². The summed E-state index contributed by atoms with van der Waals surface area (Å²) in [6.45, 7) is 2.92. The summed E-state index contributed by atoms with van der Waals surface area (Å²) in [6, 6.07) is 0.0448. The van der Waals surface area contributed by atoms with E-state index in [4.69, 9.17) is 11.6 Å². The Labute approximate surface area is 155 Å². The van der Waals surface area contributed by atoms with E-state index in [1.165, 1.54) is 6.42 Å². The first-order valence-electron chi connectivity index (χ1n) is 9.40. The number of aliphatic hydroxyl groups excluding tert-OH is 1. The van der Waals surface area contributed by atoms with Crippen LogP contribution in [-0.4, -0.2) is 52.6 Å². The third kappa shape index (κ3) is 6.08. The third-order valence-electron chi connectivity index (χ3n) is 5.45. The van der Waals surface area contributed by atoms with E-state index in [2.05, 4.69) is 16.9 Å². The highest BCUT2D eigenvalue weighted by Gasteiger charge is 2.35. The number of aliphatic hydroxyl groups is 1. The summed E-state index contributed by atoms with van der Waals surface area (Å²) in [5.41, 5.74) is 0. The van der Waals surface area contributed by atoms with E-state index in [9.17, 15) is 9.90 Å². The van der Waals surface area contributed by atoms with Gasteiger partial charge in [0, 0.05) is 16.7 Å². The van der Waals surface area contributed by atoms with Crippen LogP contribution in [0.2, 0.25) is 0 Å². The van der Waals surface area contributed by atoms with Crippen molar-refractivity contribution in [3.63, 3.8) is 0 Å². The zero-order chi connectivity index (χ0) is 17.5. The molecule has 6 atom stereocenters. The van der Waals surface area contributed by atoms with Crippen LogP contribution in [0.4, 0.5) is 0 Å². The van der Waals surface area contributed by atoms with Gasteiger partial charge in [-0.05, 0) is 64.2 Å². The highest BCUT2D eigenvalue weighted by molar-refractivity contribution is 7.99. The van der Waals surface area contributed by atoms with Gasteiger partial charge in [-0.2, -0.15) is 11.8 Å². The number of hydrogen-bond donors (Lipinski definition) is 3. The first-order chi connectivity index (χ1) is 11.5. The second kappa shape index (κ2) is 10.2. The molecule has 6 heteroatoms. The SMILES string of the molecule is CSC1CC(C(CC(C)Cl)NC(=O)C2CCCCCN2)CCC1O. The quantitative estimate of drug-likeness (QED) is 0.624. The minimum atomic E-state index is -0.218. The molecule has 2 fully saturated rings. The zero-order valence-corrected chi connectivity index (χ0v) is 16.5. The van der Waals surface area contributed by atoms with Gasteiger partial charge in [-0.3, -0.25) is 4.79 Å². The standard InChI is InChI=1S/C18H33ClN2O2S/c1-12(19)10-15(13-7-8-16(22)17(11-13)24-2)21-18(23)14-6-4-3-5-9-20-14/h12-17,20,22H,3-11H2,1-2H3,(H,21,23). The summed E-state index contributed by atoms with van der Waals surface area (Å²) in [5, 5.41) is 17.1. The Kier molecular flexibility index (Phi) is 8.68. The summed E-state index contributed by atoms with van der Waals surface area (Å²) >= 11 is 8.00. The van der Waals surface area contributed by atoms with Gasteiger partial charge in [0.1, 0.15) is 0 Å². The molecule has 24 heavy (non-hydrogen) atoms. The average molecular weight is 377 g/mol. The first kappa shape index (κ1) is 20.3. The van der Waals surface area contributed by atoms with Crippen molar-refractivity contribution < 1.29 is 9.90 Å². The Hall–Kier alpha value is 0.0300. The average Bonchev–Trinajstić information content (AvgIpc) is 2.83. The fourth-order valence-corrected chi connectivity index (χ4v) is 5.10. The Bertz CT molecular complexity index is 389. The molecule has 1 aliphatic carbocycles. The number of nitrogens with one attached hydrogen (secondary N) is 2. The van der Waals surface area contributed by atoms with Crippen molar-refractivity contribution in [3.05, 3.63) is 0 Å². The molecule has 2 rings (SSSR count). The minimum absolute atomic E-state index is 0.0389. The number of amides is 1. The second-order valence-corrected chi connectivity index (χ2v) is 9.22. The van der Waals surface area contributed by atoms with Crippen LogP contribution in [0.1, 0.15) is 58.3 Å². The molecule has 1 saturated heterocycles. The molecule has 1 aliphatic heterocycles. The van der Waals surface area contributed by atoms with Crippen LogP contribution < -0.4 is 10.6 Å². The number of alkyl halides is 1. The van der Waals surface area contributed by atoms with E-state index in [-0.39, 0.29) is 34.7 Å². The fraction of sp³-hybridized carbons (Fsp3) is 0.944. The van der Waals surface area contributed by atoms with Crippen molar-refractivity contribution in [1.29, 1.82) is 0 Å². The van der Waals surface area contributed by atoms with Gasteiger partial charge in [0.05, 0.1) is 12.1 Å². The first-order valence-corrected chi connectivity index (χ1v) is 11.1. The number of carbonyl (C=O) groups is 1. The van der Waals surface area contributed by atoms with Crippen molar-refractivity contribution in [2.24, 2.45) is 5.92 Å². The topological polar surface area (TPSA) is 61.4 Å². The van der Waals surface area contributed by atoms with E-state index in [1.807, 2.05) is 6.92 Å². The van der Waals surface area contributed by atoms with Gasteiger partial charge in [-0.25, -0.2) is 0 Å². The van der Waals surface area contributed by atoms with E-state index in [1.54, 1.807) is 11.8 Å². The number of carbonyl (C=O) groups excluding carboxylic acids is 1. The van der Waals surface area contributed by atoms with E-state index in [0.29, 0.717) is 5.92 Å². The summed E-state index contributed by atoms with van der Waals surface area (Å²) in [6.07, 6.45) is 9.77. The van der Waals surface area contributed by atoms with Crippen molar-refractivity contribution in [2.75, 3.05) is 12.8 Å². The lowest BCUT2D eigenvalue weighted by molar-refractivity contribution is -0.124. The third-order valence-corrected chi connectivity index (χ3v) is 6.74. The number of thioether (sulfide) groups is 1. The van der Waals surface area contributed by atoms with E-state index in [0.717, 1.165) is 51.5 Å². The predicted octanol–water partition coefficient (Wildman–Crippen LogP) is 2.91. The smallest absolute Gasteiger partial charge is 0.237 e. The van der Waals surface area contributed by atoms with Gasteiger partial charge in [0.15, 0.2) is 0 Å². The van der Waals surface area contributed by atoms with Crippen LogP contribution in [0, 0.1) is 5.92 Å². The maximum atomic E-state index is 12.7. The van der Waals surface area contributed by atoms with Crippen LogP contribution in [0.5, 0.6) is 0 Å². The molecule has 1 heterocycles. The monoisotopic (exact) mass is 376 g/mol. The molecule has 0 spiro atoms. The van der Waals surface area contributed by atoms with Crippen LogP contribution in [0.15, 0.2) is 0 Å². The summed E-state index contributed by atoms with van der Waals surface area (Å²) in [7, 11) is 0. The fourth-order valence-electron chi connectivity index (χ4n) is 4.02. The molecule has 140 valence electrons. The molecular weight excluding hydrogens is 344 g/mol. The normalized spacial score (nSPS) is 34.2. The molecule has 0 radical (unpaired) electrons. The Balaban J connectivity index is 1.97. The van der Waals surface area contributed by atoms with Crippen molar-refractivity contribution in [2.45, 2.75) is 87.1 Å². The highest BCUT2D eigenvalue weighted by atomic mass is 35.5. The second-order valence-electron chi connectivity index (χ2n) is 7.40. The van der Waals surface area contributed by atoms with Crippen LogP contribution in [0.25, 0.3) is 0 Å². The van der Waals surface area contributed by atoms with Gasteiger partial charge < -0.3 is 15.7 Å². The maximum absolute atomic E-state index is 12.7. The van der Waals surface area contributed by atoms with Gasteiger partial charge in [0.2, 0.25) is 5.91 Å². The Morgan fingerprint density at radius 3 is 2.83 bits per heavy atom. The lowest BCUT2D eigenvalue weighted by atomic mass is 9.80. The van der Waals surface area contributed by atoms with Crippen molar-refractivity contribution in [1.82, 2.24) is 10.6 Å². The molecular formula is C18H33ClN2O2S. The molecule has 2 aliphatic rings. The lowest BCUT2D eigenvalue weighted by Crippen LogP contribution is -2.51. The molecule has 0 aromatic carbocycles. The molecule has 0 aromatic rings. The minimum Gasteiger partial charge on any atom is -0.392 e.